The van der Waals surface area contributed by atoms with Crippen LogP contribution in [-0.4, -0.2) is 36.8 Å². The molecule has 1 fully saturated rings. The van der Waals surface area contributed by atoms with Crippen molar-refractivity contribution in [1.82, 2.24) is 10.6 Å². The van der Waals surface area contributed by atoms with Crippen LogP contribution in [0.1, 0.15) is 52.4 Å². The maximum absolute atomic E-state index is 12.4. The van der Waals surface area contributed by atoms with E-state index in [-0.39, 0.29) is 17.4 Å². The quantitative estimate of drug-likeness (QED) is 0.646. The lowest BCUT2D eigenvalue weighted by atomic mass is 9.74. The van der Waals surface area contributed by atoms with E-state index in [4.69, 9.17) is 0 Å². The number of piperidine rings is 1. The van der Waals surface area contributed by atoms with Crippen molar-refractivity contribution in [2.24, 2.45) is 5.41 Å². The smallest absolute Gasteiger partial charge is 0.226 e. The fourth-order valence-electron chi connectivity index (χ4n) is 2.72. The Morgan fingerprint density at radius 3 is 2.61 bits per heavy atom. The van der Waals surface area contributed by atoms with Crippen LogP contribution < -0.4 is 10.6 Å². The maximum Gasteiger partial charge on any atom is 0.226 e. The Kier molecular flexibility index (Phi) is 6.65. The van der Waals surface area contributed by atoms with Crippen LogP contribution in [0.5, 0.6) is 0 Å². The molecule has 1 unspecified atom stereocenters. The van der Waals surface area contributed by atoms with Gasteiger partial charge >= 0.3 is 0 Å². The van der Waals surface area contributed by atoms with E-state index < -0.39 is 0 Å². The molecule has 4 nitrogen and oxygen atoms in total. The molecule has 0 saturated carbocycles. The van der Waals surface area contributed by atoms with Crippen LogP contribution in [0.4, 0.5) is 0 Å². The molecule has 1 heterocycles. The van der Waals surface area contributed by atoms with E-state index >= 15 is 0 Å². The third-order valence-corrected chi connectivity index (χ3v) is 4.01. The van der Waals surface area contributed by atoms with Gasteiger partial charge in [0.15, 0.2) is 0 Å². The highest BCUT2D eigenvalue weighted by atomic mass is 16.3. The average Bonchev–Trinajstić information content (AvgIpc) is 2.39. The van der Waals surface area contributed by atoms with Gasteiger partial charge in [-0.05, 0) is 45.2 Å². The molecule has 1 atom stereocenters. The third-order valence-electron chi connectivity index (χ3n) is 4.01. The summed E-state index contributed by atoms with van der Waals surface area (Å²) < 4.78 is 0. The van der Waals surface area contributed by atoms with E-state index in [0.29, 0.717) is 13.0 Å². The minimum Gasteiger partial charge on any atom is -0.393 e. The van der Waals surface area contributed by atoms with Gasteiger partial charge in [0.05, 0.1) is 11.5 Å². The molecule has 0 aliphatic carbocycles. The number of hydrogen-bond donors (Lipinski definition) is 3. The minimum absolute atomic E-state index is 0.169. The number of aliphatic hydroxyl groups excluding tert-OH is 1. The van der Waals surface area contributed by atoms with Crippen molar-refractivity contribution in [2.75, 3.05) is 19.6 Å². The first-order valence-corrected chi connectivity index (χ1v) is 7.31. The van der Waals surface area contributed by atoms with Gasteiger partial charge in [-0.25, -0.2) is 0 Å². The lowest BCUT2D eigenvalue weighted by Crippen LogP contribution is -2.48. The number of amides is 1. The first-order valence-electron chi connectivity index (χ1n) is 7.31. The Labute approximate surface area is 111 Å². The molecule has 0 radical (unpaired) electrons. The van der Waals surface area contributed by atoms with Crippen LogP contribution in [0.15, 0.2) is 0 Å². The molecule has 1 rings (SSSR count). The second kappa shape index (κ2) is 7.74. The molecule has 0 aromatic heterocycles. The number of carbonyl (C=O) groups excluding carboxylic acids is 1. The molecular weight excluding hydrogens is 228 g/mol. The molecule has 1 saturated heterocycles. The molecule has 1 aliphatic heterocycles. The summed E-state index contributed by atoms with van der Waals surface area (Å²) in [5.74, 6) is 0.189. The summed E-state index contributed by atoms with van der Waals surface area (Å²) in [7, 11) is 0. The van der Waals surface area contributed by atoms with Crippen LogP contribution in [0.25, 0.3) is 0 Å². The Morgan fingerprint density at radius 2 is 2.06 bits per heavy atom. The molecule has 18 heavy (non-hydrogen) atoms. The van der Waals surface area contributed by atoms with Gasteiger partial charge in [0.25, 0.3) is 0 Å². The predicted molar refractivity (Wildman–Crippen MR) is 73.4 cm³/mol. The molecule has 3 N–H and O–H groups in total. The topological polar surface area (TPSA) is 61.4 Å². The third kappa shape index (κ3) is 4.25. The summed E-state index contributed by atoms with van der Waals surface area (Å²) in [5.41, 5.74) is -0.169. The molecule has 1 aliphatic rings. The second-order valence-corrected chi connectivity index (χ2v) is 5.39. The SMILES string of the molecule is CCCC1(C(=O)NCCC(O)CC)CCNCC1. The van der Waals surface area contributed by atoms with E-state index in [1.165, 1.54) is 0 Å². The lowest BCUT2D eigenvalue weighted by molar-refractivity contribution is -0.133. The van der Waals surface area contributed by atoms with Gasteiger partial charge in [-0.2, -0.15) is 0 Å². The summed E-state index contributed by atoms with van der Waals surface area (Å²) in [4.78, 5) is 12.4. The number of rotatable bonds is 7. The first kappa shape index (κ1) is 15.4. The highest BCUT2D eigenvalue weighted by molar-refractivity contribution is 5.82. The van der Waals surface area contributed by atoms with E-state index in [0.717, 1.165) is 45.2 Å². The van der Waals surface area contributed by atoms with Crippen LogP contribution >= 0.6 is 0 Å². The van der Waals surface area contributed by atoms with Crippen LogP contribution in [0, 0.1) is 5.41 Å². The second-order valence-electron chi connectivity index (χ2n) is 5.39. The molecular formula is C14H28N2O2. The van der Waals surface area contributed by atoms with E-state index in [2.05, 4.69) is 17.6 Å². The van der Waals surface area contributed by atoms with E-state index in [1.807, 2.05) is 6.92 Å². The summed E-state index contributed by atoms with van der Waals surface area (Å²) in [6, 6.07) is 0. The standard InChI is InChI=1S/C14H28N2O2/c1-3-6-14(7-10-15-11-8-14)13(18)16-9-5-12(17)4-2/h12,15,17H,3-11H2,1-2H3,(H,16,18). The van der Waals surface area contributed by atoms with Gasteiger partial charge in [-0.15, -0.1) is 0 Å². The average molecular weight is 256 g/mol. The van der Waals surface area contributed by atoms with Crippen LogP contribution in [0.3, 0.4) is 0 Å². The maximum atomic E-state index is 12.4. The van der Waals surface area contributed by atoms with E-state index in [1.54, 1.807) is 0 Å². The summed E-state index contributed by atoms with van der Waals surface area (Å²) in [5, 5.41) is 15.8. The molecule has 0 bridgehead atoms. The Morgan fingerprint density at radius 1 is 1.39 bits per heavy atom. The summed E-state index contributed by atoms with van der Waals surface area (Å²) >= 11 is 0. The van der Waals surface area contributed by atoms with Gasteiger partial charge < -0.3 is 15.7 Å². The molecule has 1 amide bonds. The number of aliphatic hydroxyl groups is 1. The Hall–Kier alpha value is -0.610. The fraction of sp³-hybridized carbons (Fsp3) is 0.929. The molecule has 106 valence electrons. The van der Waals surface area contributed by atoms with Crippen molar-refractivity contribution >= 4 is 5.91 Å². The van der Waals surface area contributed by atoms with Crippen molar-refractivity contribution in [3.8, 4) is 0 Å². The van der Waals surface area contributed by atoms with Crippen LogP contribution in [-0.2, 0) is 4.79 Å². The highest BCUT2D eigenvalue weighted by Crippen LogP contribution is 2.34. The van der Waals surface area contributed by atoms with Gasteiger partial charge in [0.2, 0.25) is 5.91 Å². The monoisotopic (exact) mass is 256 g/mol. The first-order chi connectivity index (χ1) is 8.64. The van der Waals surface area contributed by atoms with Crippen molar-refractivity contribution in [3.63, 3.8) is 0 Å². The number of hydrogen-bond acceptors (Lipinski definition) is 3. The number of carbonyl (C=O) groups is 1. The summed E-state index contributed by atoms with van der Waals surface area (Å²) in [6.45, 7) is 6.55. The summed E-state index contributed by atoms with van der Waals surface area (Å²) in [6.07, 6.45) is 5.00. The lowest BCUT2D eigenvalue weighted by Gasteiger charge is -2.36. The fourth-order valence-corrected chi connectivity index (χ4v) is 2.72. The van der Waals surface area contributed by atoms with Gasteiger partial charge in [0, 0.05) is 6.54 Å². The van der Waals surface area contributed by atoms with Crippen molar-refractivity contribution in [3.05, 3.63) is 0 Å². The van der Waals surface area contributed by atoms with Gasteiger partial charge in [-0.1, -0.05) is 20.3 Å². The Balaban J connectivity index is 2.44. The Bertz CT molecular complexity index is 245. The molecule has 4 heteroatoms. The van der Waals surface area contributed by atoms with Gasteiger partial charge in [-0.3, -0.25) is 4.79 Å². The molecule has 0 aromatic carbocycles. The van der Waals surface area contributed by atoms with Gasteiger partial charge in [0.1, 0.15) is 0 Å². The van der Waals surface area contributed by atoms with Crippen molar-refractivity contribution in [2.45, 2.75) is 58.5 Å². The number of nitrogens with one attached hydrogen (secondary N) is 2. The largest absolute Gasteiger partial charge is 0.393 e. The zero-order chi connectivity index (χ0) is 13.4. The van der Waals surface area contributed by atoms with E-state index in [9.17, 15) is 9.90 Å². The van der Waals surface area contributed by atoms with Crippen molar-refractivity contribution in [1.29, 1.82) is 0 Å². The normalized spacial score (nSPS) is 20.4. The van der Waals surface area contributed by atoms with Crippen molar-refractivity contribution < 1.29 is 9.90 Å². The zero-order valence-corrected chi connectivity index (χ0v) is 11.8. The highest BCUT2D eigenvalue weighted by Gasteiger charge is 2.38. The molecule has 0 spiro atoms. The zero-order valence-electron chi connectivity index (χ0n) is 11.8. The predicted octanol–water partition coefficient (Wildman–Crippen LogP) is 1.43. The molecule has 0 aromatic rings. The minimum atomic E-state index is -0.291. The van der Waals surface area contributed by atoms with Crippen LogP contribution in [0.2, 0.25) is 0 Å².